The number of hydrogen-bond donors (Lipinski definition) is 0. The van der Waals surface area contributed by atoms with E-state index in [0.29, 0.717) is 0 Å². The second-order valence-corrected chi connectivity index (χ2v) is 3.65. The Bertz CT molecular complexity index is 152. The van der Waals surface area contributed by atoms with Gasteiger partial charge in [-0.3, -0.25) is 4.79 Å². The molecule has 0 radical (unpaired) electrons. The maximum atomic E-state index is 10.9. The minimum Gasteiger partial charge on any atom is -0.340 e. The third-order valence-electron chi connectivity index (χ3n) is 2.26. The quantitative estimate of drug-likeness (QED) is 0.691. The van der Waals surface area contributed by atoms with Gasteiger partial charge in [-0.15, -0.1) is 0 Å². The van der Waals surface area contributed by atoms with Crippen molar-refractivity contribution in [3.05, 3.63) is 0 Å². The fourth-order valence-corrected chi connectivity index (χ4v) is 1.38. The van der Waals surface area contributed by atoms with Gasteiger partial charge in [0.25, 0.3) is 0 Å². The average Bonchev–Trinajstić information content (AvgIpc) is 2.33. The van der Waals surface area contributed by atoms with E-state index in [9.17, 15) is 4.79 Å². The fraction of sp³-hybridized carbons (Fsp3) is 0.923. The van der Waals surface area contributed by atoms with Gasteiger partial charge in [0.1, 0.15) is 0 Å². The molecule has 1 amide bonds. The van der Waals surface area contributed by atoms with Crippen LogP contribution in [0.1, 0.15) is 48.0 Å². The van der Waals surface area contributed by atoms with Gasteiger partial charge in [-0.05, 0) is 6.54 Å². The van der Waals surface area contributed by atoms with Crippen molar-refractivity contribution in [2.45, 2.75) is 48.0 Å². The third kappa shape index (κ3) is 8.72. The minimum atomic E-state index is 0.209. The molecular formula is C13H30N2O. The van der Waals surface area contributed by atoms with Crippen LogP contribution in [0, 0.1) is 0 Å². The Morgan fingerprint density at radius 1 is 1.00 bits per heavy atom. The van der Waals surface area contributed by atoms with Crippen LogP contribution in [0.5, 0.6) is 0 Å². The third-order valence-corrected chi connectivity index (χ3v) is 2.26. The number of carbonyl (C=O) groups is 1. The van der Waals surface area contributed by atoms with E-state index in [0.717, 1.165) is 32.7 Å². The summed E-state index contributed by atoms with van der Waals surface area (Å²) >= 11 is 0. The molecule has 0 unspecified atom stereocenters. The summed E-state index contributed by atoms with van der Waals surface area (Å²) in [6.45, 7) is 17.0. The van der Waals surface area contributed by atoms with Crippen LogP contribution < -0.4 is 0 Å². The number of carbonyl (C=O) groups excluding carboxylic acids is 1. The molecule has 0 aromatic carbocycles. The van der Waals surface area contributed by atoms with Crippen LogP contribution in [0.4, 0.5) is 0 Å². The monoisotopic (exact) mass is 230 g/mol. The molecule has 0 atom stereocenters. The van der Waals surface area contributed by atoms with Crippen LogP contribution in [0.25, 0.3) is 0 Å². The molecule has 3 heteroatoms. The first kappa shape index (κ1) is 17.8. The first-order valence-electron chi connectivity index (χ1n) is 6.63. The van der Waals surface area contributed by atoms with Gasteiger partial charge in [-0.2, -0.15) is 0 Å². The van der Waals surface area contributed by atoms with Crippen molar-refractivity contribution in [1.29, 1.82) is 0 Å². The molecule has 3 nitrogen and oxygen atoms in total. The number of hydrogen-bond acceptors (Lipinski definition) is 2. The number of nitrogens with zero attached hydrogens (tertiary/aromatic N) is 2. The van der Waals surface area contributed by atoms with Crippen molar-refractivity contribution in [1.82, 2.24) is 9.80 Å². The van der Waals surface area contributed by atoms with E-state index in [2.05, 4.69) is 25.7 Å². The molecule has 16 heavy (non-hydrogen) atoms. The number of rotatable bonds is 1. The van der Waals surface area contributed by atoms with Gasteiger partial charge in [-0.1, -0.05) is 41.0 Å². The van der Waals surface area contributed by atoms with Gasteiger partial charge in [-0.25, -0.2) is 0 Å². The lowest BCUT2D eigenvalue weighted by molar-refractivity contribution is -0.130. The zero-order valence-corrected chi connectivity index (χ0v) is 12.0. The number of likely N-dealkylation sites (N-methyl/N-ethyl adjacent to an activating group) is 1. The predicted octanol–water partition coefficient (Wildman–Crippen LogP) is 2.61. The topological polar surface area (TPSA) is 23.6 Å². The molecule has 1 heterocycles. The highest BCUT2D eigenvalue weighted by Crippen LogP contribution is 2.00. The number of piperazine rings is 1. The lowest BCUT2D eigenvalue weighted by Crippen LogP contribution is -2.47. The van der Waals surface area contributed by atoms with Crippen molar-refractivity contribution in [2.75, 3.05) is 32.7 Å². The lowest BCUT2D eigenvalue weighted by Gasteiger charge is -2.33. The summed E-state index contributed by atoms with van der Waals surface area (Å²) in [6.07, 6.45) is 1.25. The van der Waals surface area contributed by atoms with Crippen LogP contribution >= 0.6 is 0 Å². The van der Waals surface area contributed by atoms with Crippen LogP contribution in [0.15, 0.2) is 0 Å². The van der Waals surface area contributed by atoms with Crippen LogP contribution in [-0.2, 0) is 4.79 Å². The molecule has 0 aromatic heterocycles. The Hall–Kier alpha value is -0.570. The van der Waals surface area contributed by atoms with E-state index in [1.54, 1.807) is 6.92 Å². The second kappa shape index (κ2) is 12.5. The molecule has 0 spiro atoms. The zero-order valence-electron chi connectivity index (χ0n) is 12.0. The maximum Gasteiger partial charge on any atom is 0.219 e. The normalized spacial score (nSPS) is 15.5. The summed E-state index contributed by atoms with van der Waals surface area (Å²) in [5, 5.41) is 0. The van der Waals surface area contributed by atoms with Crippen LogP contribution in [-0.4, -0.2) is 48.4 Å². The molecule has 1 saturated heterocycles. The van der Waals surface area contributed by atoms with Gasteiger partial charge in [0.15, 0.2) is 0 Å². The molecule has 0 N–H and O–H groups in total. The molecule has 98 valence electrons. The Labute approximate surface area is 102 Å². The molecule has 1 aliphatic heterocycles. The van der Waals surface area contributed by atoms with E-state index >= 15 is 0 Å². The van der Waals surface area contributed by atoms with E-state index in [-0.39, 0.29) is 5.91 Å². The van der Waals surface area contributed by atoms with E-state index < -0.39 is 0 Å². The van der Waals surface area contributed by atoms with Crippen LogP contribution in [0.3, 0.4) is 0 Å². The fourth-order valence-electron chi connectivity index (χ4n) is 1.38. The highest BCUT2D eigenvalue weighted by Gasteiger charge is 2.16. The first-order chi connectivity index (χ1) is 7.65. The van der Waals surface area contributed by atoms with Crippen molar-refractivity contribution in [3.8, 4) is 0 Å². The Morgan fingerprint density at radius 3 is 1.62 bits per heavy atom. The predicted molar refractivity (Wildman–Crippen MR) is 71.7 cm³/mol. The van der Waals surface area contributed by atoms with Gasteiger partial charge < -0.3 is 9.80 Å². The smallest absolute Gasteiger partial charge is 0.219 e. The Balaban J connectivity index is 0. The number of amides is 1. The summed E-state index contributed by atoms with van der Waals surface area (Å²) in [6, 6.07) is 0. The van der Waals surface area contributed by atoms with E-state index in [4.69, 9.17) is 0 Å². The van der Waals surface area contributed by atoms with Crippen molar-refractivity contribution in [2.24, 2.45) is 0 Å². The van der Waals surface area contributed by atoms with Gasteiger partial charge in [0.2, 0.25) is 5.91 Å². The molecule has 0 bridgehead atoms. The first-order valence-corrected chi connectivity index (χ1v) is 6.63. The highest BCUT2D eigenvalue weighted by molar-refractivity contribution is 5.73. The molecule has 0 aliphatic carbocycles. The molecular weight excluding hydrogens is 200 g/mol. The molecule has 1 fully saturated rings. The van der Waals surface area contributed by atoms with E-state index in [1.165, 1.54) is 6.42 Å². The minimum absolute atomic E-state index is 0.209. The lowest BCUT2D eigenvalue weighted by atomic mass is 10.3. The van der Waals surface area contributed by atoms with Crippen molar-refractivity contribution < 1.29 is 4.79 Å². The molecule has 1 aliphatic rings. The average molecular weight is 230 g/mol. The maximum absolute atomic E-state index is 10.9. The SMILES string of the molecule is CC.CCC.CCN1CCN(C(C)=O)CC1. The largest absolute Gasteiger partial charge is 0.340 e. The van der Waals surface area contributed by atoms with Gasteiger partial charge in [0, 0.05) is 33.1 Å². The molecule has 0 aromatic rings. The van der Waals surface area contributed by atoms with Crippen LogP contribution in [0.2, 0.25) is 0 Å². The van der Waals surface area contributed by atoms with Gasteiger partial charge in [0.05, 0.1) is 0 Å². The summed E-state index contributed by atoms with van der Waals surface area (Å²) in [5.41, 5.74) is 0. The highest BCUT2D eigenvalue weighted by atomic mass is 16.2. The summed E-state index contributed by atoms with van der Waals surface area (Å²) in [5.74, 6) is 0.209. The standard InChI is InChI=1S/C8H16N2O.C3H8.C2H6/c1-3-9-4-6-10(7-5-9)8(2)11;1-3-2;1-2/h3-7H2,1-2H3;3H2,1-2H3;1-2H3. The van der Waals surface area contributed by atoms with Gasteiger partial charge >= 0.3 is 0 Å². The molecule has 1 rings (SSSR count). The zero-order chi connectivity index (χ0) is 13.0. The second-order valence-electron chi connectivity index (χ2n) is 3.65. The van der Waals surface area contributed by atoms with Crippen molar-refractivity contribution in [3.63, 3.8) is 0 Å². The summed E-state index contributed by atoms with van der Waals surface area (Å²) in [7, 11) is 0. The van der Waals surface area contributed by atoms with Crippen molar-refractivity contribution >= 4 is 5.91 Å². The van der Waals surface area contributed by atoms with E-state index in [1.807, 2.05) is 18.7 Å². The Morgan fingerprint density at radius 2 is 1.38 bits per heavy atom. The molecule has 0 saturated carbocycles. The Kier molecular flexibility index (Phi) is 13.9. The summed E-state index contributed by atoms with van der Waals surface area (Å²) < 4.78 is 0. The summed E-state index contributed by atoms with van der Waals surface area (Å²) in [4.78, 5) is 15.2.